The predicted molar refractivity (Wildman–Crippen MR) is 72.2 cm³/mol. The van der Waals surface area contributed by atoms with Crippen molar-refractivity contribution in [3.63, 3.8) is 0 Å². The van der Waals surface area contributed by atoms with Crippen molar-refractivity contribution in [1.82, 2.24) is 0 Å². The van der Waals surface area contributed by atoms with Gasteiger partial charge < -0.3 is 10.2 Å². The van der Waals surface area contributed by atoms with E-state index >= 15 is 0 Å². The monoisotopic (exact) mass is 231 g/mol. The third-order valence-electron chi connectivity index (χ3n) is 3.24. The van der Waals surface area contributed by atoms with Gasteiger partial charge in [0.15, 0.2) is 0 Å². The molecule has 2 rings (SSSR count). The average molecular weight is 231 g/mol. The summed E-state index contributed by atoms with van der Waals surface area (Å²) >= 11 is 0. The van der Waals surface area contributed by atoms with E-state index in [9.17, 15) is 0 Å². The number of fused-ring (bicyclic) bond motifs is 1. The molecule has 0 saturated heterocycles. The molecule has 0 aliphatic heterocycles. The van der Waals surface area contributed by atoms with Crippen LogP contribution in [0.25, 0.3) is 11.0 Å². The van der Waals surface area contributed by atoms with Gasteiger partial charge >= 0.3 is 0 Å². The molecule has 17 heavy (non-hydrogen) atoms. The Morgan fingerprint density at radius 3 is 2.65 bits per heavy atom. The van der Waals surface area contributed by atoms with E-state index in [1.807, 2.05) is 0 Å². The van der Waals surface area contributed by atoms with Gasteiger partial charge in [0.05, 0.1) is 6.54 Å². The third-order valence-corrected chi connectivity index (χ3v) is 3.24. The van der Waals surface area contributed by atoms with Gasteiger partial charge in [0, 0.05) is 10.9 Å². The first kappa shape index (κ1) is 12.2. The Bertz CT molecular complexity index is 511. The van der Waals surface area contributed by atoms with Crippen LogP contribution in [0, 0.1) is 0 Å². The number of rotatable bonds is 4. The lowest BCUT2D eigenvalue weighted by Gasteiger charge is -2.05. The molecule has 0 fully saturated rings. The Balaban J connectivity index is 2.68. The highest BCUT2D eigenvalue weighted by Gasteiger charge is 2.15. The highest BCUT2D eigenvalue weighted by Crippen LogP contribution is 2.32. The van der Waals surface area contributed by atoms with Gasteiger partial charge in [-0.25, -0.2) is 0 Å². The fourth-order valence-corrected chi connectivity index (χ4v) is 2.39. The summed E-state index contributed by atoms with van der Waals surface area (Å²) in [5.41, 5.74) is 9.39. The van der Waals surface area contributed by atoms with E-state index in [0.717, 1.165) is 24.2 Å². The van der Waals surface area contributed by atoms with E-state index in [1.54, 1.807) is 0 Å². The maximum atomic E-state index is 5.97. The SMILES string of the molecule is CCCc1c(CN)oc2c(C(C)C)cccc12. The number of hydrogen-bond acceptors (Lipinski definition) is 2. The van der Waals surface area contributed by atoms with Crippen LogP contribution in [-0.4, -0.2) is 0 Å². The van der Waals surface area contributed by atoms with E-state index < -0.39 is 0 Å². The Morgan fingerprint density at radius 2 is 2.06 bits per heavy atom. The molecule has 1 heterocycles. The van der Waals surface area contributed by atoms with Crippen LogP contribution in [0.3, 0.4) is 0 Å². The quantitative estimate of drug-likeness (QED) is 0.864. The molecule has 0 saturated carbocycles. The first-order chi connectivity index (χ1) is 8.19. The lowest BCUT2D eigenvalue weighted by Crippen LogP contribution is -1.98. The van der Waals surface area contributed by atoms with Gasteiger partial charge in [-0.15, -0.1) is 0 Å². The highest BCUT2D eigenvalue weighted by atomic mass is 16.3. The summed E-state index contributed by atoms with van der Waals surface area (Å²) in [6, 6.07) is 6.41. The summed E-state index contributed by atoms with van der Waals surface area (Å²) < 4.78 is 5.97. The van der Waals surface area contributed by atoms with E-state index in [4.69, 9.17) is 10.2 Å². The minimum atomic E-state index is 0.477. The van der Waals surface area contributed by atoms with Crippen molar-refractivity contribution in [1.29, 1.82) is 0 Å². The first-order valence-electron chi connectivity index (χ1n) is 6.42. The number of hydrogen-bond donors (Lipinski definition) is 1. The summed E-state index contributed by atoms with van der Waals surface area (Å²) in [6.45, 7) is 7.06. The maximum absolute atomic E-state index is 5.97. The van der Waals surface area contributed by atoms with Gasteiger partial charge in [-0.1, -0.05) is 45.4 Å². The van der Waals surface area contributed by atoms with Crippen LogP contribution in [0.15, 0.2) is 22.6 Å². The van der Waals surface area contributed by atoms with Crippen LogP contribution in [-0.2, 0) is 13.0 Å². The van der Waals surface area contributed by atoms with Gasteiger partial charge in [0.1, 0.15) is 11.3 Å². The van der Waals surface area contributed by atoms with Crippen LogP contribution in [0.4, 0.5) is 0 Å². The molecule has 0 amide bonds. The zero-order valence-electron chi connectivity index (χ0n) is 10.9. The first-order valence-corrected chi connectivity index (χ1v) is 6.42. The minimum absolute atomic E-state index is 0.477. The molecule has 1 aromatic carbocycles. The minimum Gasteiger partial charge on any atom is -0.459 e. The summed E-state index contributed by atoms with van der Waals surface area (Å²) in [5, 5.41) is 1.25. The van der Waals surface area contributed by atoms with Crippen LogP contribution in [0.1, 0.15) is 50.0 Å². The number of aryl methyl sites for hydroxylation is 1. The zero-order valence-corrected chi connectivity index (χ0v) is 10.9. The summed E-state index contributed by atoms with van der Waals surface area (Å²) in [5.74, 6) is 1.43. The highest BCUT2D eigenvalue weighted by molar-refractivity contribution is 5.85. The normalized spacial score (nSPS) is 11.6. The molecule has 92 valence electrons. The zero-order chi connectivity index (χ0) is 12.4. The van der Waals surface area contributed by atoms with Gasteiger partial charge in [-0.2, -0.15) is 0 Å². The second-order valence-corrected chi connectivity index (χ2v) is 4.84. The van der Waals surface area contributed by atoms with Crippen LogP contribution in [0.5, 0.6) is 0 Å². The summed E-state index contributed by atoms with van der Waals surface area (Å²) in [4.78, 5) is 0. The molecule has 2 heteroatoms. The second kappa shape index (κ2) is 4.92. The lowest BCUT2D eigenvalue weighted by atomic mass is 9.98. The third kappa shape index (κ3) is 2.09. The van der Waals surface area contributed by atoms with Crippen molar-refractivity contribution in [2.75, 3.05) is 0 Å². The second-order valence-electron chi connectivity index (χ2n) is 4.84. The average Bonchev–Trinajstić information content (AvgIpc) is 2.67. The van der Waals surface area contributed by atoms with Gasteiger partial charge in [-0.05, 0) is 17.9 Å². The van der Waals surface area contributed by atoms with E-state index in [1.165, 1.54) is 16.5 Å². The molecule has 0 bridgehead atoms. The van der Waals surface area contributed by atoms with Crippen molar-refractivity contribution in [2.45, 2.75) is 46.1 Å². The molecule has 2 nitrogen and oxygen atoms in total. The largest absolute Gasteiger partial charge is 0.459 e. The molecule has 2 N–H and O–H groups in total. The Labute approximate surface area is 103 Å². The molecule has 0 aliphatic carbocycles. The summed E-state index contributed by atoms with van der Waals surface area (Å²) in [7, 11) is 0. The molecule has 0 unspecified atom stereocenters. The summed E-state index contributed by atoms with van der Waals surface area (Å²) in [6.07, 6.45) is 2.16. The molecular formula is C15H21NO. The Morgan fingerprint density at radius 1 is 1.29 bits per heavy atom. The molecular weight excluding hydrogens is 210 g/mol. The van der Waals surface area contributed by atoms with E-state index in [0.29, 0.717) is 12.5 Å². The number of benzene rings is 1. The van der Waals surface area contributed by atoms with E-state index in [-0.39, 0.29) is 0 Å². The van der Waals surface area contributed by atoms with E-state index in [2.05, 4.69) is 39.0 Å². The van der Waals surface area contributed by atoms with Crippen LogP contribution in [0.2, 0.25) is 0 Å². The topological polar surface area (TPSA) is 39.2 Å². The van der Waals surface area contributed by atoms with Crippen LogP contribution >= 0.6 is 0 Å². The predicted octanol–water partition coefficient (Wildman–Crippen LogP) is 3.97. The van der Waals surface area contributed by atoms with Crippen molar-refractivity contribution < 1.29 is 4.42 Å². The van der Waals surface area contributed by atoms with Crippen molar-refractivity contribution in [3.05, 3.63) is 35.1 Å². The van der Waals surface area contributed by atoms with Crippen LogP contribution < -0.4 is 5.73 Å². The lowest BCUT2D eigenvalue weighted by molar-refractivity contribution is 0.540. The molecule has 0 atom stereocenters. The van der Waals surface area contributed by atoms with Crippen molar-refractivity contribution >= 4 is 11.0 Å². The van der Waals surface area contributed by atoms with Gasteiger partial charge in [0.2, 0.25) is 0 Å². The fraction of sp³-hybridized carbons (Fsp3) is 0.467. The van der Waals surface area contributed by atoms with Crippen molar-refractivity contribution in [2.24, 2.45) is 5.73 Å². The molecule has 0 radical (unpaired) electrons. The standard InChI is InChI=1S/C15H21NO/c1-4-6-12-13-8-5-7-11(10(2)3)15(13)17-14(12)9-16/h5,7-8,10H,4,6,9,16H2,1-3H3. The molecule has 2 aromatic rings. The molecule has 0 aliphatic rings. The maximum Gasteiger partial charge on any atom is 0.138 e. The Hall–Kier alpha value is -1.28. The number of nitrogens with two attached hydrogens (primary N) is 1. The Kier molecular flexibility index (Phi) is 3.53. The smallest absolute Gasteiger partial charge is 0.138 e. The fourth-order valence-electron chi connectivity index (χ4n) is 2.39. The van der Waals surface area contributed by atoms with Crippen molar-refractivity contribution in [3.8, 4) is 0 Å². The molecule has 1 aromatic heterocycles. The number of furan rings is 1. The number of para-hydroxylation sites is 1. The van der Waals surface area contributed by atoms with Gasteiger partial charge in [-0.3, -0.25) is 0 Å². The molecule has 0 spiro atoms. The van der Waals surface area contributed by atoms with Gasteiger partial charge in [0.25, 0.3) is 0 Å².